The van der Waals surface area contributed by atoms with E-state index in [0.29, 0.717) is 0 Å². The highest BCUT2D eigenvalue weighted by molar-refractivity contribution is 7.98. The summed E-state index contributed by atoms with van der Waals surface area (Å²) in [5.41, 5.74) is 6.48. The molecule has 0 saturated heterocycles. The van der Waals surface area contributed by atoms with Crippen molar-refractivity contribution >= 4 is 11.8 Å². The Morgan fingerprint density at radius 1 is 1.26 bits per heavy atom. The molecule has 0 amide bonds. The topological polar surface area (TPSA) is 36.7 Å². The van der Waals surface area contributed by atoms with Gasteiger partial charge in [-0.3, -0.25) is 4.98 Å². The molecule has 0 unspecified atom stereocenters. The fourth-order valence-electron chi connectivity index (χ4n) is 2.75. The minimum absolute atomic E-state index is 0.741. The fraction of sp³-hybridized carbons (Fsp3) is 0.250. The number of thioether (sulfide) groups is 1. The van der Waals surface area contributed by atoms with Crippen LogP contribution in [0.1, 0.15) is 22.4 Å². The molecule has 1 aromatic carbocycles. The van der Waals surface area contributed by atoms with E-state index in [1.165, 1.54) is 16.7 Å². The van der Waals surface area contributed by atoms with Crippen molar-refractivity contribution in [2.45, 2.75) is 24.7 Å². The van der Waals surface area contributed by atoms with Crippen molar-refractivity contribution in [2.75, 3.05) is 6.26 Å². The van der Waals surface area contributed by atoms with Gasteiger partial charge < -0.3 is 0 Å². The van der Waals surface area contributed by atoms with Gasteiger partial charge in [0.15, 0.2) is 0 Å². The van der Waals surface area contributed by atoms with Crippen LogP contribution in [0.25, 0.3) is 11.3 Å². The summed E-state index contributed by atoms with van der Waals surface area (Å²) in [6, 6.07) is 10.7. The van der Waals surface area contributed by atoms with E-state index in [2.05, 4.69) is 30.3 Å². The van der Waals surface area contributed by atoms with Crippen molar-refractivity contribution in [1.29, 1.82) is 5.26 Å². The largest absolute Gasteiger partial charge is 0.251 e. The van der Waals surface area contributed by atoms with E-state index in [1.54, 1.807) is 11.8 Å². The van der Waals surface area contributed by atoms with Crippen LogP contribution in [-0.4, -0.2) is 11.2 Å². The van der Waals surface area contributed by atoms with Crippen LogP contribution < -0.4 is 0 Å². The van der Waals surface area contributed by atoms with Gasteiger partial charge in [0.1, 0.15) is 6.07 Å². The third kappa shape index (κ3) is 1.84. The van der Waals surface area contributed by atoms with Gasteiger partial charge in [0.25, 0.3) is 0 Å². The van der Waals surface area contributed by atoms with Crippen molar-refractivity contribution in [1.82, 2.24) is 4.98 Å². The molecule has 1 aromatic heterocycles. The summed E-state index contributed by atoms with van der Waals surface area (Å²) in [5.74, 6) is 0. The van der Waals surface area contributed by atoms with Crippen molar-refractivity contribution in [3.63, 3.8) is 0 Å². The van der Waals surface area contributed by atoms with Crippen molar-refractivity contribution < 1.29 is 0 Å². The fourth-order valence-corrected chi connectivity index (χ4v) is 3.60. The summed E-state index contributed by atoms with van der Waals surface area (Å²) in [7, 11) is 0. The second-order valence-electron chi connectivity index (χ2n) is 4.70. The van der Waals surface area contributed by atoms with E-state index in [4.69, 9.17) is 4.98 Å². The van der Waals surface area contributed by atoms with Crippen LogP contribution in [0.15, 0.2) is 29.2 Å². The van der Waals surface area contributed by atoms with Crippen LogP contribution in [0.2, 0.25) is 0 Å². The van der Waals surface area contributed by atoms with E-state index in [0.717, 1.165) is 34.7 Å². The predicted molar refractivity (Wildman–Crippen MR) is 78.3 cm³/mol. The molecule has 3 rings (SSSR count). The lowest BCUT2D eigenvalue weighted by Crippen LogP contribution is -2.10. The molecule has 2 nitrogen and oxygen atoms in total. The first-order chi connectivity index (χ1) is 9.26. The number of nitrogens with zero attached hydrogens (tertiary/aromatic N) is 2. The lowest BCUT2D eigenvalue weighted by atomic mass is 9.88. The average Bonchev–Trinajstić information content (AvgIpc) is 2.45. The number of hydrogen-bond donors (Lipinski definition) is 0. The Morgan fingerprint density at radius 3 is 2.79 bits per heavy atom. The third-order valence-corrected chi connectivity index (χ3v) is 4.52. The quantitative estimate of drug-likeness (QED) is 0.738. The zero-order valence-corrected chi connectivity index (χ0v) is 11.8. The van der Waals surface area contributed by atoms with Crippen molar-refractivity contribution in [2.24, 2.45) is 0 Å². The molecule has 0 bridgehead atoms. The summed E-state index contributed by atoms with van der Waals surface area (Å²) in [6.45, 7) is 1.93. The highest BCUT2D eigenvalue weighted by Crippen LogP contribution is 2.38. The van der Waals surface area contributed by atoms with E-state index in [1.807, 2.05) is 13.2 Å². The molecule has 0 spiro atoms. The number of rotatable bonds is 1. The number of nitriles is 1. The van der Waals surface area contributed by atoms with Gasteiger partial charge in [0.05, 0.1) is 17.0 Å². The second-order valence-corrected chi connectivity index (χ2v) is 5.52. The van der Waals surface area contributed by atoms with E-state index >= 15 is 0 Å². The maximum Gasteiger partial charge on any atom is 0.102 e. The minimum Gasteiger partial charge on any atom is -0.251 e. The molecule has 0 N–H and O–H groups in total. The van der Waals surface area contributed by atoms with Crippen molar-refractivity contribution in [3.8, 4) is 17.3 Å². The van der Waals surface area contributed by atoms with Gasteiger partial charge in [-0.15, -0.1) is 11.8 Å². The van der Waals surface area contributed by atoms with Gasteiger partial charge in [-0.25, -0.2) is 0 Å². The Bertz CT molecular complexity index is 699. The highest BCUT2D eigenvalue weighted by Gasteiger charge is 2.23. The lowest BCUT2D eigenvalue weighted by molar-refractivity contribution is 0.890. The van der Waals surface area contributed by atoms with Crippen LogP contribution in [0, 0.1) is 18.3 Å². The molecule has 0 saturated carbocycles. The number of aromatic nitrogens is 1. The summed E-state index contributed by atoms with van der Waals surface area (Å²) in [6.07, 6.45) is 4.05. The molecule has 2 aromatic rings. The SMILES string of the molecule is CSc1c(C#N)c(C)nc2c1CCc1ccccc1-2. The number of hydrogen-bond acceptors (Lipinski definition) is 3. The van der Waals surface area contributed by atoms with Crippen LogP contribution in [0.5, 0.6) is 0 Å². The molecule has 1 aliphatic rings. The lowest BCUT2D eigenvalue weighted by Gasteiger charge is -2.22. The molecule has 0 atom stereocenters. The van der Waals surface area contributed by atoms with Gasteiger partial charge in [-0.1, -0.05) is 24.3 Å². The smallest absolute Gasteiger partial charge is 0.102 e. The first-order valence-corrected chi connectivity index (χ1v) is 7.54. The Kier molecular flexibility index (Phi) is 3.04. The van der Waals surface area contributed by atoms with Gasteiger partial charge in [-0.05, 0) is 37.1 Å². The monoisotopic (exact) mass is 266 g/mol. The highest BCUT2D eigenvalue weighted by atomic mass is 32.2. The zero-order chi connectivity index (χ0) is 13.4. The summed E-state index contributed by atoms with van der Waals surface area (Å²) in [5, 5.41) is 9.32. The summed E-state index contributed by atoms with van der Waals surface area (Å²) < 4.78 is 0. The number of pyridine rings is 1. The van der Waals surface area contributed by atoms with Gasteiger partial charge in [-0.2, -0.15) is 5.26 Å². The Morgan fingerprint density at radius 2 is 2.05 bits per heavy atom. The molecular formula is C16H14N2S. The summed E-state index contributed by atoms with van der Waals surface area (Å²) in [4.78, 5) is 5.81. The standard InChI is InChI=1S/C16H14N2S/c1-10-14(9-17)16(19-2)13-8-7-11-5-3-4-6-12(11)15(13)18-10/h3-6H,7-8H2,1-2H3. The van der Waals surface area contributed by atoms with Crippen LogP contribution in [-0.2, 0) is 12.8 Å². The first kappa shape index (κ1) is 12.3. The van der Waals surface area contributed by atoms with Crippen molar-refractivity contribution in [3.05, 3.63) is 46.6 Å². The Labute approximate surface area is 117 Å². The van der Waals surface area contributed by atoms with Gasteiger partial charge >= 0.3 is 0 Å². The Balaban J connectivity index is 2.34. The Hall–Kier alpha value is -1.79. The maximum atomic E-state index is 9.32. The molecule has 3 heteroatoms. The molecule has 1 aliphatic carbocycles. The number of aryl methyl sites for hydroxylation is 2. The number of fused-ring (bicyclic) bond motifs is 3. The minimum atomic E-state index is 0.741. The van der Waals surface area contributed by atoms with Gasteiger partial charge in [0.2, 0.25) is 0 Å². The van der Waals surface area contributed by atoms with Crippen LogP contribution in [0.4, 0.5) is 0 Å². The molecule has 0 aliphatic heterocycles. The average molecular weight is 266 g/mol. The molecule has 0 fully saturated rings. The third-order valence-electron chi connectivity index (χ3n) is 3.66. The van der Waals surface area contributed by atoms with Crippen LogP contribution in [0.3, 0.4) is 0 Å². The maximum absolute atomic E-state index is 9.32. The molecule has 94 valence electrons. The number of benzene rings is 1. The molecule has 1 heterocycles. The molecule has 19 heavy (non-hydrogen) atoms. The van der Waals surface area contributed by atoms with E-state index < -0.39 is 0 Å². The van der Waals surface area contributed by atoms with Gasteiger partial charge in [0, 0.05) is 10.5 Å². The normalized spacial score (nSPS) is 12.5. The molecule has 0 radical (unpaired) electrons. The molecular weight excluding hydrogens is 252 g/mol. The summed E-state index contributed by atoms with van der Waals surface area (Å²) >= 11 is 1.66. The zero-order valence-electron chi connectivity index (χ0n) is 11.0. The first-order valence-electron chi connectivity index (χ1n) is 6.32. The van der Waals surface area contributed by atoms with E-state index in [-0.39, 0.29) is 0 Å². The second kappa shape index (κ2) is 4.71. The predicted octanol–water partition coefficient (Wildman–Crippen LogP) is 3.75. The van der Waals surface area contributed by atoms with E-state index in [9.17, 15) is 5.26 Å². The van der Waals surface area contributed by atoms with Crippen LogP contribution >= 0.6 is 11.8 Å².